The minimum Gasteiger partial charge on any atom is -0.459 e. The summed E-state index contributed by atoms with van der Waals surface area (Å²) in [7, 11) is 0. The summed E-state index contributed by atoms with van der Waals surface area (Å²) in [4.78, 5) is 106. The van der Waals surface area contributed by atoms with Crippen LogP contribution in [0.25, 0.3) is 11.1 Å². The van der Waals surface area contributed by atoms with Gasteiger partial charge in [0.25, 0.3) is 0 Å². The van der Waals surface area contributed by atoms with Crippen LogP contribution in [0.1, 0.15) is 69.1 Å². The van der Waals surface area contributed by atoms with Gasteiger partial charge in [0.15, 0.2) is 18.3 Å². The second-order valence-corrected chi connectivity index (χ2v) is 19.0. The highest BCUT2D eigenvalue weighted by atomic mass is 35.5. The highest BCUT2D eigenvalue weighted by Crippen LogP contribution is 2.44. The quantitative estimate of drug-likeness (QED) is 0.0174. The van der Waals surface area contributed by atoms with E-state index in [1.807, 2.05) is 48.5 Å². The van der Waals surface area contributed by atoms with E-state index < -0.39 is 90.8 Å². The smallest absolute Gasteiger partial charge is 0.459 e. The zero-order chi connectivity index (χ0) is 58.9. The number of halogens is 1. The molecule has 0 bridgehead atoms. The van der Waals surface area contributed by atoms with Crippen LogP contribution in [-0.2, 0) is 67.6 Å². The van der Waals surface area contributed by atoms with Crippen LogP contribution in [-0.4, -0.2) is 137 Å². The minimum absolute atomic E-state index is 0.0571. The molecule has 0 aromatic heterocycles. The normalized spacial score (nSPS) is 17.3. The Morgan fingerprint density at radius 1 is 0.667 bits per heavy atom. The van der Waals surface area contributed by atoms with Crippen molar-refractivity contribution in [1.29, 1.82) is 0 Å². The number of amides is 4. The summed E-state index contributed by atoms with van der Waals surface area (Å²) in [6.07, 6.45) is -10.3. The number of hydrogen-bond donors (Lipinski definition) is 4. The molecular weight excluding hydrogens is 1080 g/mol. The Hall–Kier alpha value is -8.57. The Morgan fingerprint density at radius 3 is 1.81 bits per heavy atom. The molecule has 24 heteroatoms. The number of nitrogens with one attached hydrogen (secondary N) is 4. The SMILES string of the molecule is C=CCOC(=O)O[C@@H]1[C@@H](OC(=O)OCC=C)[C@H](Oc2ccc(CCl)cc2NC(=O)CCNC(=O)[C@H](CCCCNC(=O)OCC2c3ccccc3-c3ccccc32)NC(=O)OC(C)(C)C)O[C@H](C(=O)OCC=C)[C@H]1OC(=O)OCC=C. The molecular formula is C57H67ClN4O19. The molecule has 0 saturated carbocycles. The van der Waals surface area contributed by atoms with Crippen molar-refractivity contribution in [2.75, 3.05) is 51.4 Å². The molecule has 4 N–H and O–H groups in total. The van der Waals surface area contributed by atoms with Gasteiger partial charge in [0.2, 0.25) is 24.2 Å². The molecule has 23 nitrogen and oxygen atoms in total. The fraction of sp³-hybridized carbons (Fsp3) is 0.404. The van der Waals surface area contributed by atoms with Crippen molar-refractivity contribution in [3.8, 4) is 16.9 Å². The lowest BCUT2D eigenvalue weighted by Gasteiger charge is -2.42. The summed E-state index contributed by atoms with van der Waals surface area (Å²) in [5.41, 5.74) is 3.87. The van der Waals surface area contributed by atoms with E-state index >= 15 is 0 Å². The van der Waals surface area contributed by atoms with Crippen LogP contribution in [0.3, 0.4) is 0 Å². The van der Waals surface area contributed by atoms with Gasteiger partial charge in [-0.3, -0.25) is 9.59 Å². The molecule has 3 aromatic rings. The lowest BCUT2D eigenvalue weighted by atomic mass is 9.98. The molecule has 4 amide bonds. The third-order valence-electron chi connectivity index (χ3n) is 11.6. The van der Waals surface area contributed by atoms with E-state index in [4.69, 9.17) is 63.7 Å². The zero-order valence-electron chi connectivity index (χ0n) is 45.2. The molecule has 81 heavy (non-hydrogen) atoms. The monoisotopic (exact) mass is 1150 g/mol. The minimum atomic E-state index is -2.02. The number of carbonyl (C=O) groups is 8. The van der Waals surface area contributed by atoms with Gasteiger partial charge in [0.05, 0.1) is 5.69 Å². The first-order valence-electron chi connectivity index (χ1n) is 25.7. The van der Waals surface area contributed by atoms with Crippen LogP contribution >= 0.6 is 11.6 Å². The summed E-state index contributed by atoms with van der Waals surface area (Å²) in [5, 5.41) is 10.7. The number of alkyl carbamates (subject to hydrolysis) is 2. The van der Waals surface area contributed by atoms with Gasteiger partial charge in [-0.25, -0.2) is 28.8 Å². The third kappa shape index (κ3) is 19.6. The summed E-state index contributed by atoms with van der Waals surface area (Å²) in [5.74, 6) is -2.90. The number of unbranched alkanes of at least 4 members (excludes halogenated alkanes) is 1. The average Bonchev–Trinajstić information content (AvgIpc) is 4.04. The topological polar surface area (TPSA) is 286 Å². The number of rotatable bonds is 28. The van der Waals surface area contributed by atoms with Crippen LogP contribution in [0.2, 0.25) is 0 Å². The van der Waals surface area contributed by atoms with Crippen molar-refractivity contribution in [2.24, 2.45) is 0 Å². The first-order chi connectivity index (χ1) is 38.9. The molecule has 3 aromatic carbocycles. The lowest BCUT2D eigenvalue weighted by Crippen LogP contribution is -2.64. The van der Waals surface area contributed by atoms with Crippen LogP contribution in [0.15, 0.2) is 117 Å². The van der Waals surface area contributed by atoms with Gasteiger partial charge >= 0.3 is 36.6 Å². The van der Waals surface area contributed by atoms with Crippen LogP contribution in [0.5, 0.6) is 5.75 Å². The molecule has 1 aliphatic carbocycles. The average molecular weight is 1150 g/mol. The largest absolute Gasteiger partial charge is 0.509 e. The van der Waals surface area contributed by atoms with Gasteiger partial charge in [-0.05, 0) is 80.0 Å². The molecule has 5 rings (SSSR count). The van der Waals surface area contributed by atoms with E-state index in [9.17, 15) is 38.4 Å². The summed E-state index contributed by atoms with van der Waals surface area (Å²) < 4.78 is 60.1. The Labute approximate surface area is 473 Å². The maximum atomic E-state index is 13.7. The number of benzene rings is 3. The number of carbonyl (C=O) groups excluding carboxylic acids is 8. The summed E-state index contributed by atoms with van der Waals surface area (Å²) >= 11 is 6.19. The molecule has 0 radical (unpaired) electrons. The Bertz CT molecular complexity index is 2680. The lowest BCUT2D eigenvalue weighted by molar-refractivity contribution is -0.276. The summed E-state index contributed by atoms with van der Waals surface area (Å²) in [6.45, 7) is 17.6. The molecule has 1 fully saturated rings. The zero-order valence-corrected chi connectivity index (χ0v) is 45.9. The first kappa shape index (κ1) is 63.3. The standard InChI is InChI=1S/C57H67ClN4O19/c1-8-28-71-50(65)47-45(78-54(68)72-29-9-2)46(79-55(69)73-30-10-3)48(80-56(70)74-31-11-4)51(77-47)76-43-24-23-35(33-58)32-42(43)61-44(63)25-27-59-49(64)41(62-53(67)81-57(5,6)7)22-16-17-26-60-52(66)75-34-40-38-20-14-12-18-36(38)37-19-13-15-21-39(37)40/h8-15,18-21,23-24,32,40-41,45-48,51H,1-4,16-17,22,25-31,33-34H2,5-7H3,(H,59,64)(H,60,66)(H,61,63)(H,62,67)/t41-,45-,46-,47-,48+,51+/m0/s1. The van der Waals surface area contributed by atoms with Crippen molar-refractivity contribution in [3.05, 3.63) is 134 Å². The van der Waals surface area contributed by atoms with Crippen molar-refractivity contribution < 1.29 is 90.5 Å². The predicted octanol–water partition coefficient (Wildman–Crippen LogP) is 8.43. The van der Waals surface area contributed by atoms with E-state index in [1.54, 1.807) is 20.8 Å². The van der Waals surface area contributed by atoms with Gasteiger partial charge in [-0.15, -0.1) is 11.6 Å². The summed E-state index contributed by atoms with van der Waals surface area (Å²) in [6, 6.07) is 19.1. The maximum Gasteiger partial charge on any atom is 0.509 e. The highest BCUT2D eigenvalue weighted by Gasteiger charge is 2.57. The van der Waals surface area contributed by atoms with Gasteiger partial charge in [0, 0.05) is 31.3 Å². The first-order valence-corrected chi connectivity index (χ1v) is 26.2. The fourth-order valence-corrected chi connectivity index (χ4v) is 8.34. The predicted molar refractivity (Wildman–Crippen MR) is 292 cm³/mol. The number of anilines is 1. The van der Waals surface area contributed by atoms with Crippen molar-refractivity contribution in [3.63, 3.8) is 0 Å². The molecule has 6 atom stereocenters. The molecule has 0 spiro atoms. The maximum absolute atomic E-state index is 13.7. The van der Waals surface area contributed by atoms with Crippen molar-refractivity contribution in [2.45, 2.75) is 101 Å². The Balaban J connectivity index is 1.27. The van der Waals surface area contributed by atoms with E-state index in [2.05, 4.69) is 47.6 Å². The second kappa shape index (κ2) is 31.9. The Morgan fingerprint density at radius 2 is 1.23 bits per heavy atom. The molecule has 436 valence electrons. The van der Waals surface area contributed by atoms with Crippen molar-refractivity contribution in [1.82, 2.24) is 16.0 Å². The van der Waals surface area contributed by atoms with Crippen LogP contribution < -0.4 is 26.0 Å². The van der Waals surface area contributed by atoms with E-state index in [0.717, 1.165) is 22.3 Å². The van der Waals surface area contributed by atoms with Crippen LogP contribution in [0, 0.1) is 0 Å². The third-order valence-corrected chi connectivity index (χ3v) is 11.9. The molecule has 0 unspecified atom stereocenters. The number of esters is 1. The van der Waals surface area contributed by atoms with Gasteiger partial charge < -0.3 is 73.4 Å². The van der Waals surface area contributed by atoms with Crippen LogP contribution in [0.4, 0.5) is 29.7 Å². The van der Waals surface area contributed by atoms with Crippen molar-refractivity contribution >= 4 is 65.7 Å². The van der Waals surface area contributed by atoms with E-state index in [-0.39, 0.29) is 82.2 Å². The van der Waals surface area contributed by atoms with Gasteiger partial charge in [-0.2, -0.15) is 0 Å². The number of hydrogen-bond acceptors (Lipinski definition) is 19. The second-order valence-electron chi connectivity index (χ2n) is 18.8. The number of fused-ring (bicyclic) bond motifs is 3. The number of alkyl halides is 1. The fourth-order valence-electron chi connectivity index (χ4n) is 8.18. The molecule has 1 saturated heterocycles. The Kier molecular flexibility index (Phi) is 24.9. The molecule has 1 heterocycles. The number of ether oxygens (including phenoxy) is 11. The molecule has 1 aliphatic heterocycles. The van der Waals surface area contributed by atoms with E-state index in [0.29, 0.717) is 18.4 Å². The van der Waals surface area contributed by atoms with Gasteiger partial charge in [-0.1, -0.05) is 105 Å². The van der Waals surface area contributed by atoms with E-state index in [1.165, 1.54) is 42.5 Å². The highest BCUT2D eigenvalue weighted by molar-refractivity contribution is 6.17. The van der Waals surface area contributed by atoms with Gasteiger partial charge in [0.1, 0.15) is 50.4 Å². The molecule has 2 aliphatic rings.